The molecule has 1 rings (SSSR count). The molecule has 0 aromatic carbocycles. The number of hydrogen-bond acceptors (Lipinski definition) is 6. The third-order valence-electron chi connectivity index (χ3n) is 1.76. The summed E-state index contributed by atoms with van der Waals surface area (Å²) in [5, 5.41) is 35.9. The van der Waals surface area contributed by atoms with Crippen LogP contribution in [-0.4, -0.2) is 57.4 Å². The summed E-state index contributed by atoms with van der Waals surface area (Å²) in [5.74, 6) is 0. The van der Waals surface area contributed by atoms with Gasteiger partial charge in [-0.25, -0.2) is 0 Å². The molecule has 70 valence electrons. The second-order valence-electron chi connectivity index (χ2n) is 2.60. The van der Waals surface area contributed by atoms with Gasteiger partial charge in [-0.2, -0.15) is 0 Å². The second kappa shape index (κ2) is 3.46. The molecule has 0 spiro atoms. The first kappa shape index (κ1) is 9.56. The van der Waals surface area contributed by atoms with Crippen LogP contribution in [-0.2, 0) is 9.53 Å². The third-order valence-corrected chi connectivity index (χ3v) is 1.76. The van der Waals surface area contributed by atoms with E-state index >= 15 is 0 Å². The first-order valence-electron chi connectivity index (χ1n) is 3.41. The molecule has 6 nitrogen and oxygen atoms in total. The summed E-state index contributed by atoms with van der Waals surface area (Å²) in [6.45, 7) is 0. The lowest BCUT2D eigenvalue weighted by atomic mass is 10.00. The molecule has 4 N–H and O–H groups in total. The van der Waals surface area contributed by atoms with Gasteiger partial charge in [-0.1, -0.05) is 0 Å². The average molecular weight is 178 g/mol. The van der Waals surface area contributed by atoms with Crippen molar-refractivity contribution >= 4 is 6.29 Å². The maximum Gasteiger partial charge on any atom is 0.184 e. The number of carbonyl (C=O) groups is 1. The van der Waals surface area contributed by atoms with Crippen molar-refractivity contribution in [3.05, 3.63) is 0 Å². The molecule has 12 heavy (non-hydrogen) atoms. The van der Waals surface area contributed by atoms with E-state index in [9.17, 15) is 4.79 Å². The van der Waals surface area contributed by atoms with Gasteiger partial charge in [0.15, 0.2) is 12.6 Å². The Labute approximate surface area is 68.0 Å². The van der Waals surface area contributed by atoms with E-state index in [1.165, 1.54) is 0 Å². The Morgan fingerprint density at radius 2 is 1.58 bits per heavy atom. The molecule has 1 fully saturated rings. The monoisotopic (exact) mass is 178 g/mol. The van der Waals surface area contributed by atoms with Gasteiger partial charge < -0.3 is 30.0 Å². The zero-order chi connectivity index (χ0) is 9.30. The Kier molecular flexibility index (Phi) is 2.76. The molecule has 0 amide bonds. The summed E-state index contributed by atoms with van der Waals surface area (Å²) >= 11 is 0. The number of aldehydes is 1. The van der Waals surface area contributed by atoms with Gasteiger partial charge >= 0.3 is 0 Å². The molecule has 0 aromatic heterocycles. The molecule has 1 saturated heterocycles. The van der Waals surface area contributed by atoms with Gasteiger partial charge in [0.05, 0.1) is 0 Å². The molecule has 6 heteroatoms. The number of aliphatic hydroxyl groups excluding tert-OH is 4. The van der Waals surface area contributed by atoms with Crippen LogP contribution in [0.5, 0.6) is 0 Å². The van der Waals surface area contributed by atoms with Gasteiger partial charge in [0.1, 0.15) is 24.4 Å². The van der Waals surface area contributed by atoms with Gasteiger partial charge in [0, 0.05) is 0 Å². The van der Waals surface area contributed by atoms with Crippen LogP contribution in [0.25, 0.3) is 0 Å². The largest absolute Gasteiger partial charge is 0.387 e. The zero-order valence-corrected chi connectivity index (χ0v) is 6.07. The maximum absolute atomic E-state index is 10.2. The molecule has 0 aromatic rings. The molecule has 0 aliphatic carbocycles. The third kappa shape index (κ3) is 1.47. The fourth-order valence-electron chi connectivity index (χ4n) is 1.000. The molecule has 1 aliphatic heterocycles. The summed E-state index contributed by atoms with van der Waals surface area (Å²) in [4.78, 5) is 10.2. The lowest BCUT2D eigenvalue weighted by Gasteiger charge is -2.35. The molecule has 0 bridgehead atoms. The summed E-state index contributed by atoms with van der Waals surface area (Å²) < 4.78 is 4.46. The first-order chi connectivity index (χ1) is 5.57. The van der Waals surface area contributed by atoms with E-state index in [1.807, 2.05) is 0 Å². The smallest absolute Gasteiger partial charge is 0.184 e. The van der Waals surface area contributed by atoms with E-state index in [-0.39, 0.29) is 6.29 Å². The van der Waals surface area contributed by atoms with Gasteiger partial charge in [-0.3, -0.25) is 0 Å². The molecule has 5 atom stereocenters. The van der Waals surface area contributed by atoms with Crippen molar-refractivity contribution in [1.29, 1.82) is 0 Å². The van der Waals surface area contributed by atoms with Crippen LogP contribution in [0.15, 0.2) is 0 Å². The summed E-state index contributed by atoms with van der Waals surface area (Å²) in [5.41, 5.74) is 0. The van der Waals surface area contributed by atoms with Crippen LogP contribution in [0.2, 0.25) is 0 Å². The van der Waals surface area contributed by atoms with Crippen LogP contribution < -0.4 is 0 Å². The van der Waals surface area contributed by atoms with E-state index in [4.69, 9.17) is 20.4 Å². The molecule has 0 saturated carbocycles. The van der Waals surface area contributed by atoms with Gasteiger partial charge in [0.25, 0.3) is 0 Å². The number of rotatable bonds is 1. The van der Waals surface area contributed by atoms with Crippen LogP contribution in [0.4, 0.5) is 0 Å². The van der Waals surface area contributed by atoms with Crippen molar-refractivity contribution in [3.8, 4) is 0 Å². The van der Waals surface area contributed by atoms with Crippen LogP contribution >= 0.6 is 0 Å². The van der Waals surface area contributed by atoms with E-state index in [0.717, 1.165) is 0 Å². The minimum absolute atomic E-state index is 0.253. The predicted molar refractivity (Wildman–Crippen MR) is 35.0 cm³/mol. The van der Waals surface area contributed by atoms with E-state index in [0.29, 0.717) is 0 Å². The summed E-state index contributed by atoms with van der Waals surface area (Å²) in [6.07, 6.45) is -7.33. The number of hydrogen-bond donors (Lipinski definition) is 4. The maximum atomic E-state index is 10.2. The standard InChI is InChI=1S/C6H10O6/c7-1-2-3(8)4(9)5(10)6(11)12-2/h1-6,8-11H/t2-,3+,4+,5-,6-/m1/s1. The highest BCUT2D eigenvalue weighted by molar-refractivity contribution is 5.57. The van der Waals surface area contributed by atoms with Gasteiger partial charge in [-0.05, 0) is 0 Å². The van der Waals surface area contributed by atoms with Crippen LogP contribution in [0.1, 0.15) is 0 Å². The van der Waals surface area contributed by atoms with Crippen molar-refractivity contribution < 1.29 is 30.0 Å². The fourth-order valence-corrected chi connectivity index (χ4v) is 1.000. The Hall–Kier alpha value is -0.530. The van der Waals surface area contributed by atoms with Gasteiger partial charge in [-0.15, -0.1) is 0 Å². The number of ether oxygens (including phenoxy) is 1. The summed E-state index contributed by atoms with van der Waals surface area (Å²) in [7, 11) is 0. The predicted octanol–water partition coefficient (Wildman–Crippen LogP) is -3.01. The highest BCUT2D eigenvalue weighted by Gasteiger charge is 2.42. The van der Waals surface area contributed by atoms with Crippen LogP contribution in [0, 0.1) is 0 Å². The van der Waals surface area contributed by atoms with E-state index in [2.05, 4.69) is 4.74 Å². The highest BCUT2D eigenvalue weighted by atomic mass is 16.6. The topological polar surface area (TPSA) is 107 Å². The summed E-state index contributed by atoms with van der Waals surface area (Å²) in [6, 6.07) is 0. The fraction of sp³-hybridized carbons (Fsp3) is 0.833. The average Bonchev–Trinajstić information content (AvgIpc) is 2.08. The van der Waals surface area contributed by atoms with Crippen LogP contribution in [0.3, 0.4) is 0 Å². The van der Waals surface area contributed by atoms with E-state index < -0.39 is 30.7 Å². The first-order valence-corrected chi connectivity index (χ1v) is 3.41. The van der Waals surface area contributed by atoms with Crippen molar-refractivity contribution in [2.24, 2.45) is 0 Å². The normalized spacial score (nSPS) is 48.8. The molecule has 0 unspecified atom stereocenters. The van der Waals surface area contributed by atoms with Crippen molar-refractivity contribution in [1.82, 2.24) is 0 Å². The quantitative estimate of drug-likeness (QED) is 0.318. The van der Waals surface area contributed by atoms with E-state index in [1.54, 1.807) is 0 Å². The van der Waals surface area contributed by atoms with Crippen molar-refractivity contribution in [3.63, 3.8) is 0 Å². The minimum Gasteiger partial charge on any atom is -0.387 e. The Morgan fingerprint density at radius 1 is 1.00 bits per heavy atom. The molecule has 1 heterocycles. The Balaban J connectivity index is 2.70. The van der Waals surface area contributed by atoms with Crippen molar-refractivity contribution in [2.75, 3.05) is 0 Å². The highest BCUT2D eigenvalue weighted by Crippen LogP contribution is 2.18. The SMILES string of the molecule is O=C[C@H]1O[C@@H](O)[C@H](O)[C@@H](O)[C@H]1O. The van der Waals surface area contributed by atoms with Gasteiger partial charge in [0.2, 0.25) is 0 Å². The number of aliphatic hydroxyl groups is 4. The second-order valence-corrected chi connectivity index (χ2v) is 2.60. The lowest BCUT2D eigenvalue weighted by Crippen LogP contribution is -2.57. The Bertz CT molecular complexity index is 171. The minimum atomic E-state index is -1.64. The molecular weight excluding hydrogens is 168 g/mol. The lowest BCUT2D eigenvalue weighted by molar-refractivity contribution is -0.272. The van der Waals surface area contributed by atoms with Crippen molar-refractivity contribution in [2.45, 2.75) is 30.7 Å². The molecule has 1 aliphatic rings. The molecular formula is C6H10O6. The molecule has 0 radical (unpaired) electrons. The Morgan fingerprint density at radius 3 is 2.08 bits per heavy atom. The number of carbonyl (C=O) groups excluding carboxylic acids is 1. The zero-order valence-electron chi connectivity index (χ0n) is 6.07.